The second-order valence-electron chi connectivity index (χ2n) is 7.76. The topological polar surface area (TPSA) is 21.3 Å². The molecule has 0 saturated carbocycles. The van der Waals surface area contributed by atoms with E-state index in [2.05, 4.69) is 65.1 Å². The van der Waals surface area contributed by atoms with Crippen LogP contribution in [0, 0.1) is 17.8 Å². The summed E-state index contributed by atoms with van der Waals surface area (Å²) in [6.07, 6.45) is 1.01. The van der Waals surface area contributed by atoms with Gasteiger partial charge in [0.15, 0.2) is 0 Å². The summed E-state index contributed by atoms with van der Waals surface area (Å²) in [5.41, 5.74) is 2.67. The third-order valence-corrected chi connectivity index (χ3v) is 4.55. The summed E-state index contributed by atoms with van der Waals surface area (Å²) in [7, 11) is 0. The van der Waals surface area contributed by atoms with Gasteiger partial charge in [-0.1, -0.05) is 39.8 Å². The fourth-order valence-corrected chi connectivity index (χ4v) is 3.40. The Morgan fingerprint density at radius 2 is 1.81 bits per heavy atom. The largest absolute Gasteiger partial charge is 0.487 e. The second kappa shape index (κ2) is 6.39. The van der Waals surface area contributed by atoms with Gasteiger partial charge >= 0.3 is 0 Å². The van der Waals surface area contributed by atoms with Crippen LogP contribution >= 0.6 is 0 Å². The lowest BCUT2D eigenvalue weighted by Gasteiger charge is -2.25. The number of rotatable bonds is 6. The van der Waals surface area contributed by atoms with Crippen molar-refractivity contribution in [2.24, 2.45) is 17.8 Å². The zero-order chi connectivity index (χ0) is 15.6. The highest BCUT2D eigenvalue weighted by Gasteiger charge is 2.29. The van der Waals surface area contributed by atoms with E-state index in [1.54, 1.807) is 0 Å². The Balaban J connectivity index is 1.91. The molecule has 0 spiro atoms. The third kappa shape index (κ3) is 4.23. The van der Waals surface area contributed by atoms with E-state index in [9.17, 15) is 0 Å². The van der Waals surface area contributed by atoms with Crippen molar-refractivity contribution >= 4 is 0 Å². The Hall–Kier alpha value is -1.02. The summed E-state index contributed by atoms with van der Waals surface area (Å²) in [5.74, 6) is 3.26. The van der Waals surface area contributed by atoms with Gasteiger partial charge in [-0.2, -0.15) is 0 Å². The van der Waals surface area contributed by atoms with Gasteiger partial charge in [-0.05, 0) is 55.3 Å². The maximum absolute atomic E-state index is 5.93. The highest BCUT2D eigenvalue weighted by Crippen LogP contribution is 2.35. The van der Waals surface area contributed by atoms with E-state index in [4.69, 9.17) is 4.74 Å². The Bertz CT molecular complexity index is 468. The molecule has 21 heavy (non-hydrogen) atoms. The van der Waals surface area contributed by atoms with Crippen molar-refractivity contribution in [3.63, 3.8) is 0 Å². The van der Waals surface area contributed by atoms with Crippen LogP contribution in [0.1, 0.15) is 52.7 Å². The van der Waals surface area contributed by atoms with Crippen molar-refractivity contribution < 1.29 is 4.74 Å². The summed E-state index contributed by atoms with van der Waals surface area (Å²) >= 11 is 0. The molecule has 0 amide bonds. The second-order valence-corrected chi connectivity index (χ2v) is 7.76. The van der Waals surface area contributed by atoms with Crippen molar-refractivity contribution in [3.8, 4) is 5.75 Å². The Labute approximate surface area is 130 Å². The van der Waals surface area contributed by atoms with E-state index in [1.807, 2.05) is 0 Å². The number of ether oxygens (including phenoxy) is 1. The molecule has 1 aliphatic rings. The fourth-order valence-electron chi connectivity index (χ4n) is 3.40. The van der Waals surface area contributed by atoms with Crippen LogP contribution in [0.15, 0.2) is 18.2 Å². The third-order valence-electron chi connectivity index (χ3n) is 4.55. The quantitative estimate of drug-likeness (QED) is 0.837. The summed E-state index contributed by atoms with van der Waals surface area (Å²) in [6.45, 7) is 15.6. The first-order chi connectivity index (χ1) is 9.78. The standard InChI is InChI=1S/C19H31NO/c1-13(2)17(14(3)4)12-20-11-15-7-8-18-16(9-15)10-19(5,6)21-18/h7-9,13-14,17,20H,10-12H2,1-6H3. The highest BCUT2D eigenvalue weighted by molar-refractivity contribution is 5.41. The molecule has 0 aliphatic carbocycles. The number of nitrogens with one attached hydrogen (secondary N) is 1. The van der Waals surface area contributed by atoms with Crippen molar-refractivity contribution in [2.45, 2.75) is 60.1 Å². The van der Waals surface area contributed by atoms with Gasteiger partial charge in [-0.25, -0.2) is 0 Å². The lowest BCUT2D eigenvalue weighted by Crippen LogP contribution is -2.29. The summed E-state index contributed by atoms with van der Waals surface area (Å²) in [4.78, 5) is 0. The molecule has 1 N–H and O–H groups in total. The van der Waals surface area contributed by atoms with Crippen molar-refractivity contribution in [3.05, 3.63) is 29.3 Å². The first-order valence-corrected chi connectivity index (χ1v) is 8.30. The minimum absolute atomic E-state index is 0.0469. The normalized spacial score (nSPS) is 16.6. The minimum atomic E-state index is -0.0469. The van der Waals surface area contributed by atoms with Gasteiger partial charge in [-0.15, -0.1) is 0 Å². The number of fused-ring (bicyclic) bond motifs is 1. The average molecular weight is 289 g/mol. The molecule has 0 bridgehead atoms. The number of benzene rings is 1. The molecule has 0 saturated heterocycles. The molecule has 0 atom stereocenters. The van der Waals surface area contributed by atoms with Gasteiger partial charge in [0, 0.05) is 13.0 Å². The Kier molecular flexibility index (Phi) is 4.98. The maximum Gasteiger partial charge on any atom is 0.123 e. The molecule has 2 heteroatoms. The molecule has 1 aliphatic heterocycles. The van der Waals surface area contributed by atoms with Crippen LogP contribution < -0.4 is 10.1 Å². The molecule has 118 valence electrons. The van der Waals surface area contributed by atoms with Crippen LogP contribution in [0.25, 0.3) is 0 Å². The fraction of sp³-hybridized carbons (Fsp3) is 0.684. The van der Waals surface area contributed by atoms with E-state index < -0.39 is 0 Å². The van der Waals surface area contributed by atoms with Gasteiger partial charge in [0.05, 0.1) is 0 Å². The maximum atomic E-state index is 5.93. The molecular weight excluding hydrogens is 258 g/mol. The van der Waals surface area contributed by atoms with Crippen LogP contribution in [-0.4, -0.2) is 12.1 Å². The monoisotopic (exact) mass is 289 g/mol. The van der Waals surface area contributed by atoms with E-state index in [1.165, 1.54) is 11.1 Å². The Morgan fingerprint density at radius 1 is 1.14 bits per heavy atom. The predicted octanol–water partition coefficient (Wildman–Crippen LogP) is 4.42. The molecule has 2 nitrogen and oxygen atoms in total. The molecule has 0 unspecified atom stereocenters. The molecule has 1 heterocycles. The van der Waals surface area contributed by atoms with E-state index in [0.717, 1.165) is 43.0 Å². The summed E-state index contributed by atoms with van der Waals surface area (Å²) < 4.78 is 5.93. The van der Waals surface area contributed by atoms with Crippen LogP contribution in [0.3, 0.4) is 0 Å². The van der Waals surface area contributed by atoms with Crippen LogP contribution in [0.2, 0.25) is 0 Å². The van der Waals surface area contributed by atoms with Gasteiger partial charge < -0.3 is 10.1 Å². The highest BCUT2D eigenvalue weighted by atomic mass is 16.5. The molecule has 0 aromatic heterocycles. The number of hydrogen-bond acceptors (Lipinski definition) is 2. The van der Waals surface area contributed by atoms with Crippen LogP contribution in [0.4, 0.5) is 0 Å². The molecule has 1 aromatic rings. The van der Waals surface area contributed by atoms with Crippen LogP contribution in [0.5, 0.6) is 5.75 Å². The first-order valence-electron chi connectivity index (χ1n) is 8.30. The number of hydrogen-bond donors (Lipinski definition) is 1. The lowest BCUT2D eigenvalue weighted by atomic mass is 9.85. The Morgan fingerprint density at radius 3 is 2.43 bits per heavy atom. The molecular formula is C19H31NO. The van der Waals surface area contributed by atoms with Crippen LogP contribution in [-0.2, 0) is 13.0 Å². The van der Waals surface area contributed by atoms with Crippen molar-refractivity contribution in [2.75, 3.05) is 6.54 Å². The summed E-state index contributed by atoms with van der Waals surface area (Å²) in [6, 6.07) is 6.62. The molecule has 0 fully saturated rings. The zero-order valence-electron chi connectivity index (χ0n) is 14.5. The smallest absolute Gasteiger partial charge is 0.123 e. The first kappa shape index (κ1) is 16.4. The van der Waals surface area contributed by atoms with Gasteiger partial charge in [-0.3, -0.25) is 0 Å². The van der Waals surface area contributed by atoms with Crippen molar-refractivity contribution in [1.29, 1.82) is 0 Å². The average Bonchev–Trinajstić information content (AvgIpc) is 2.66. The SMILES string of the molecule is CC(C)C(CNCc1ccc2c(c1)CC(C)(C)O2)C(C)C. The minimum Gasteiger partial charge on any atom is -0.487 e. The summed E-state index contributed by atoms with van der Waals surface area (Å²) in [5, 5.41) is 3.64. The van der Waals surface area contributed by atoms with Gasteiger partial charge in [0.1, 0.15) is 11.4 Å². The van der Waals surface area contributed by atoms with Gasteiger partial charge in [0.25, 0.3) is 0 Å². The zero-order valence-corrected chi connectivity index (χ0v) is 14.5. The molecule has 1 aromatic carbocycles. The lowest BCUT2D eigenvalue weighted by molar-refractivity contribution is 0.138. The van der Waals surface area contributed by atoms with Crippen molar-refractivity contribution in [1.82, 2.24) is 5.32 Å². The van der Waals surface area contributed by atoms with E-state index in [0.29, 0.717) is 0 Å². The molecule has 0 radical (unpaired) electrons. The predicted molar refractivity (Wildman–Crippen MR) is 89.7 cm³/mol. The molecule has 2 rings (SSSR count). The van der Waals surface area contributed by atoms with E-state index in [-0.39, 0.29) is 5.60 Å². The van der Waals surface area contributed by atoms with E-state index >= 15 is 0 Å². The van der Waals surface area contributed by atoms with Gasteiger partial charge in [0.2, 0.25) is 0 Å².